The molecule has 3 heterocycles. The number of rotatable bonds is 2. The van der Waals surface area contributed by atoms with E-state index < -0.39 is 6.10 Å². The molecular weight excluding hydrogens is 322 g/mol. The van der Waals surface area contributed by atoms with Crippen molar-refractivity contribution in [2.75, 3.05) is 20.3 Å². The van der Waals surface area contributed by atoms with Crippen LogP contribution in [0.3, 0.4) is 0 Å². The molecule has 25 heavy (non-hydrogen) atoms. The van der Waals surface area contributed by atoms with Gasteiger partial charge in [-0.1, -0.05) is 6.07 Å². The number of carbonyl (C=O) groups is 1. The van der Waals surface area contributed by atoms with Crippen molar-refractivity contribution in [1.29, 1.82) is 0 Å². The molecule has 3 N–H and O–H groups in total. The fourth-order valence-electron chi connectivity index (χ4n) is 2.97. The largest absolute Gasteiger partial charge is 0.391 e. The Morgan fingerprint density at radius 3 is 3.20 bits per heavy atom. The standard InChI is InChI=1S/C17H19N5O3/c1-22-16(24)13(7-10-2-3-12-11(6-10)8-18-21-12)19-17(22)20-14-9-25-5-4-15(14)23/h2-3,6-8,14-15,23H,4-5,9H2,1H3,(H,18,21)(H,19,20)/b13-7-/t14-,15-/m1/s1. The number of H-pyrrole nitrogens is 1. The third-order valence-electron chi connectivity index (χ3n) is 4.47. The Hall–Kier alpha value is -2.71. The molecule has 8 nitrogen and oxygen atoms in total. The molecule has 1 aromatic carbocycles. The van der Waals surface area contributed by atoms with Gasteiger partial charge in [0.1, 0.15) is 5.70 Å². The van der Waals surface area contributed by atoms with Crippen molar-refractivity contribution in [3.8, 4) is 0 Å². The minimum Gasteiger partial charge on any atom is -0.391 e. The lowest BCUT2D eigenvalue weighted by atomic mass is 10.1. The number of hydrogen-bond donors (Lipinski definition) is 3. The number of aliphatic hydroxyl groups is 1. The number of likely N-dealkylation sites (N-methyl/N-ethyl adjacent to an activating group) is 1. The van der Waals surface area contributed by atoms with E-state index in [4.69, 9.17) is 4.74 Å². The second-order valence-electron chi connectivity index (χ2n) is 6.23. The highest BCUT2D eigenvalue weighted by atomic mass is 16.5. The molecule has 0 aliphatic carbocycles. The third kappa shape index (κ3) is 3.01. The average molecular weight is 341 g/mol. The van der Waals surface area contributed by atoms with Crippen molar-refractivity contribution < 1.29 is 14.6 Å². The van der Waals surface area contributed by atoms with Crippen LogP contribution in [-0.2, 0) is 9.53 Å². The fourth-order valence-corrected chi connectivity index (χ4v) is 2.97. The van der Waals surface area contributed by atoms with Crippen LogP contribution < -0.4 is 5.32 Å². The van der Waals surface area contributed by atoms with Crippen LogP contribution in [-0.4, -0.2) is 64.5 Å². The SMILES string of the molecule is CN1C(=O)/C(=C/c2ccc3[nH]ncc3c2)N=C1N[C@@H]1COCC[C@H]1O. The minimum absolute atomic E-state index is 0.194. The summed E-state index contributed by atoms with van der Waals surface area (Å²) < 4.78 is 5.38. The number of aromatic nitrogens is 2. The molecule has 2 aliphatic heterocycles. The smallest absolute Gasteiger partial charge is 0.279 e. The van der Waals surface area contributed by atoms with Gasteiger partial charge in [0.15, 0.2) is 0 Å². The molecular formula is C17H19N5O3. The molecule has 4 rings (SSSR count). The van der Waals surface area contributed by atoms with E-state index in [1.165, 1.54) is 4.90 Å². The molecule has 2 aromatic rings. The van der Waals surface area contributed by atoms with Gasteiger partial charge in [-0.25, -0.2) is 4.99 Å². The van der Waals surface area contributed by atoms with E-state index >= 15 is 0 Å². The van der Waals surface area contributed by atoms with Crippen molar-refractivity contribution >= 4 is 28.8 Å². The van der Waals surface area contributed by atoms with E-state index in [1.54, 1.807) is 19.3 Å². The van der Waals surface area contributed by atoms with Crippen LogP contribution in [0.15, 0.2) is 35.1 Å². The summed E-state index contributed by atoms with van der Waals surface area (Å²) in [6, 6.07) is 5.49. The number of nitrogens with zero attached hydrogens (tertiary/aromatic N) is 3. The Morgan fingerprint density at radius 2 is 2.36 bits per heavy atom. The molecule has 130 valence electrons. The maximum Gasteiger partial charge on any atom is 0.279 e. The lowest BCUT2D eigenvalue weighted by Crippen LogP contribution is -2.52. The van der Waals surface area contributed by atoms with Crippen LogP contribution in [0.2, 0.25) is 0 Å². The van der Waals surface area contributed by atoms with Gasteiger partial charge in [0, 0.05) is 19.0 Å². The number of hydrogen-bond acceptors (Lipinski definition) is 6. The highest BCUT2D eigenvalue weighted by molar-refractivity contribution is 6.13. The first-order valence-electron chi connectivity index (χ1n) is 8.16. The van der Waals surface area contributed by atoms with Gasteiger partial charge in [0.25, 0.3) is 5.91 Å². The lowest BCUT2D eigenvalue weighted by Gasteiger charge is -2.30. The van der Waals surface area contributed by atoms with E-state index in [0.29, 0.717) is 31.3 Å². The van der Waals surface area contributed by atoms with Crippen LogP contribution in [0.25, 0.3) is 17.0 Å². The zero-order valence-electron chi connectivity index (χ0n) is 13.8. The highest BCUT2D eigenvalue weighted by Crippen LogP contribution is 2.20. The predicted molar refractivity (Wildman–Crippen MR) is 92.6 cm³/mol. The van der Waals surface area contributed by atoms with Crippen LogP contribution in [0.5, 0.6) is 0 Å². The average Bonchev–Trinajstić information content (AvgIpc) is 3.17. The number of fused-ring (bicyclic) bond motifs is 1. The number of amides is 1. The fraction of sp³-hybridized carbons (Fsp3) is 0.353. The molecule has 0 saturated carbocycles. The van der Waals surface area contributed by atoms with Gasteiger partial charge >= 0.3 is 0 Å². The number of nitrogens with one attached hydrogen (secondary N) is 2. The van der Waals surface area contributed by atoms with Gasteiger partial charge in [0.05, 0.1) is 30.5 Å². The maximum atomic E-state index is 12.4. The Morgan fingerprint density at radius 1 is 1.48 bits per heavy atom. The summed E-state index contributed by atoms with van der Waals surface area (Å²) in [5.74, 6) is 0.233. The zero-order chi connectivity index (χ0) is 17.4. The number of benzene rings is 1. The van der Waals surface area contributed by atoms with Crippen molar-refractivity contribution in [3.63, 3.8) is 0 Å². The molecule has 0 unspecified atom stereocenters. The van der Waals surface area contributed by atoms with Crippen LogP contribution >= 0.6 is 0 Å². The van der Waals surface area contributed by atoms with Gasteiger partial charge in [-0.3, -0.25) is 14.8 Å². The molecule has 8 heteroatoms. The summed E-state index contributed by atoms with van der Waals surface area (Å²) in [5.41, 5.74) is 2.16. The van der Waals surface area contributed by atoms with Gasteiger partial charge in [-0.05, 0) is 30.2 Å². The van der Waals surface area contributed by atoms with Gasteiger partial charge in [-0.15, -0.1) is 0 Å². The van der Waals surface area contributed by atoms with E-state index in [0.717, 1.165) is 16.5 Å². The number of carbonyl (C=O) groups excluding carboxylic acids is 1. The van der Waals surface area contributed by atoms with E-state index in [-0.39, 0.29) is 11.9 Å². The van der Waals surface area contributed by atoms with Gasteiger partial charge < -0.3 is 15.2 Å². The molecule has 1 fully saturated rings. The predicted octanol–water partition coefficient (Wildman–Crippen LogP) is 0.471. The van der Waals surface area contributed by atoms with Crippen molar-refractivity contribution in [2.45, 2.75) is 18.6 Å². The molecule has 0 bridgehead atoms. The zero-order valence-corrected chi connectivity index (χ0v) is 13.8. The quantitative estimate of drug-likeness (QED) is 0.689. The van der Waals surface area contributed by atoms with Crippen LogP contribution in [0, 0.1) is 0 Å². The topological polar surface area (TPSA) is 103 Å². The van der Waals surface area contributed by atoms with Crippen LogP contribution in [0.1, 0.15) is 12.0 Å². The van der Waals surface area contributed by atoms with Crippen molar-refractivity contribution in [2.24, 2.45) is 4.99 Å². The Bertz CT molecular complexity index is 872. The van der Waals surface area contributed by atoms with E-state index in [9.17, 15) is 9.90 Å². The molecule has 0 spiro atoms. The molecule has 0 radical (unpaired) electrons. The molecule has 1 aromatic heterocycles. The van der Waals surface area contributed by atoms with Crippen LogP contribution in [0.4, 0.5) is 0 Å². The molecule has 2 aliphatic rings. The second kappa shape index (κ2) is 6.30. The monoisotopic (exact) mass is 341 g/mol. The first kappa shape index (κ1) is 15.8. The Labute approximate surface area is 144 Å². The summed E-state index contributed by atoms with van der Waals surface area (Å²) in [7, 11) is 1.66. The lowest BCUT2D eigenvalue weighted by molar-refractivity contribution is -0.121. The summed E-state index contributed by atoms with van der Waals surface area (Å²) in [6.45, 7) is 0.931. The normalized spacial score (nSPS) is 25.7. The molecule has 1 saturated heterocycles. The summed E-state index contributed by atoms with van der Waals surface area (Å²) in [5, 5.41) is 21.0. The Kier molecular flexibility index (Phi) is 3.98. The first-order valence-corrected chi connectivity index (χ1v) is 8.16. The number of aromatic amines is 1. The third-order valence-corrected chi connectivity index (χ3v) is 4.47. The molecule has 2 atom stereocenters. The van der Waals surface area contributed by atoms with E-state index in [2.05, 4.69) is 20.5 Å². The van der Waals surface area contributed by atoms with E-state index in [1.807, 2.05) is 18.2 Å². The number of aliphatic imine (C=N–C) groups is 1. The summed E-state index contributed by atoms with van der Waals surface area (Å²) in [6.07, 6.45) is 3.53. The molecule has 1 amide bonds. The second-order valence-corrected chi connectivity index (χ2v) is 6.23. The maximum absolute atomic E-state index is 12.4. The number of aliphatic hydroxyl groups excluding tert-OH is 1. The van der Waals surface area contributed by atoms with Gasteiger partial charge in [-0.2, -0.15) is 5.10 Å². The van der Waals surface area contributed by atoms with Crippen molar-refractivity contribution in [1.82, 2.24) is 20.4 Å². The highest BCUT2D eigenvalue weighted by Gasteiger charge is 2.31. The summed E-state index contributed by atoms with van der Waals surface area (Å²) in [4.78, 5) is 18.3. The van der Waals surface area contributed by atoms with Gasteiger partial charge in [0.2, 0.25) is 5.96 Å². The first-order chi connectivity index (χ1) is 12.1. The number of guanidine groups is 1. The number of ether oxygens (including phenoxy) is 1. The van der Waals surface area contributed by atoms with Crippen molar-refractivity contribution in [3.05, 3.63) is 35.7 Å². The minimum atomic E-state index is -0.517. The summed E-state index contributed by atoms with van der Waals surface area (Å²) >= 11 is 0. The Balaban J connectivity index is 1.58.